The van der Waals surface area contributed by atoms with Crippen LogP contribution in [0.4, 0.5) is 18.9 Å². The molecule has 3 aromatic carbocycles. The van der Waals surface area contributed by atoms with Gasteiger partial charge in [-0.2, -0.15) is 13.2 Å². The number of benzene rings is 3. The number of rotatable bonds is 7. The number of alkyl halides is 3. The van der Waals surface area contributed by atoms with Crippen LogP contribution in [0, 0.1) is 0 Å². The molecule has 4 rings (SSSR count). The minimum Gasteiger partial charge on any atom is -0.336 e. The molecule has 11 heteroatoms. The second-order valence-electron chi connectivity index (χ2n) is 8.04. The van der Waals surface area contributed by atoms with Crippen LogP contribution in [0.2, 0.25) is 5.02 Å². The number of hydrogen-bond donors (Lipinski definition) is 1. The van der Waals surface area contributed by atoms with E-state index in [-0.39, 0.29) is 23.9 Å². The molecule has 4 aromatic rings. The van der Waals surface area contributed by atoms with Crippen molar-refractivity contribution in [2.75, 3.05) is 24.7 Å². The lowest BCUT2D eigenvalue weighted by Crippen LogP contribution is -2.36. The second-order valence-corrected chi connectivity index (χ2v) is 9.42. The highest BCUT2D eigenvalue weighted by atomic mass is 35.5. The Morgan fingerprint density at radius 1 is 0.973 bits per heavy atom. The van der Waals surface area contributed by atoms with Gasteiger partial charge in [0.15, 0.2) is 0 Å². The third-order valence-electron chi connectivity index (χ3n) is 5.40. The maximum absolute atomic E-state index is 13.1. The van der Waals surface area contributed by atoms with Gasteiger partial charge in [-0.05, 0) is 18.2 Å². The van der Waals surface area contributed by atoms with Crippen LogP contribution in [0.5, 0.6) is 0 Å². The van der Waals surface area contributed by atoms with Gasteiger partial charge >= 0.3 is 6.18 Å². The maximum Gasteiger partial charge on any atom is 0.417 e. The minimum atomic E-state index is -4.66. The van der Waals surface area contributed by atoms with Gasteiger partial charge in [0, 0.05) is 29.1 Å². The van der Waals surface area contributed by atoms with Gasteiger partial charge in [0.05, 0.1) is 22.9 Å². The molecular weight excluding hydrogens is 525 g/mol. The van der Waals surface area contributed by atoms with Crippen molar-refractivity contribution in [3.8, 4) is 11.3 Å². The van der Waals surface area contributed by atoms with Crippen molar-refractivity contribution >= 4 is 51.6 Å². The first-order valence-corrected chi connectivity index (χ1v) is 12.3. The van der Waals surface area contributed by atoms with Gasteiger partial charge in [0.2, 0.25) is 11.8 Å². The van der Waals surface area contributed by atoms with E-state index in [0.717, 1.165) is 34.2 Å². The number of thioether (sulfide) groups is 1. The highest BCUT2D eigenvalue weighted by Crippen LogP contribution is 2.36. The molecule has 1 aromatic heterocycles. The van der Waals surface area contributed by atoms with Crippen LogP contribution in [0.1, 0.15) is 5.56 Å². The topological polar surface area (TPSA) is 75.2 Å². The van der Waals surface area contributed by atoms with Gasteiger partial charge in [-0.1, -0.05) is 78.0 Å². The molecule has 1 N–H and O–H groups in total. The lowest BCUT2D eigenvalue weighted by molar-refractivity contribution is -0.137. The first-order chi connectivity index (χ1) is 17.6. The van der Waals surface area contributed by atoms with E-state index in [1.54, 1.807) is 0 Å². The van der Waals surface area contributed by atoms with Gasteiger partial charge in [-0.25, -0.2) is 0 Å². The number of amides is 2. The van der Waals surface area contributed by atoms with Crippen molar-refractivity contribution < 1.29 is 22.8 Å². The smallest absolute Gasteiger partial charge is 0.336 e. The Bertz CT molecular complexity index is 1450. The van der Waals surface area contributed by atoms with Gasteiger partial charge < -0.3 is 10.2 Å². The Morgan fingerprint density at radius 3 is 2.35 bits per heavy atom. The van der Waals surface area contributed by atoms with Gasteiger partial charge in [0.25, 0.3) is 0 Å². The van der Waals surface area contributed by atoms with E-state index in [0.29, 0.717) is 5.03 Å². The van der Waals surface area contributed by atoms with Crippen molar-refractivity contribution in [3.63, 3.8) is 0 Å². The molecule has 6 nitrogen and oxygen atoms in total. The van der Waals surface area contributed by atoms with Crippen LogP contribution in [-0.2, 0) is 15.8 Å². The average molecular weight is 545 g/mol. The van der Waals surface area contributed by atoms with E-state index in [9.17, 15) is 22.8 Å². The van der Waals surface area contributed by atoms with Crippen LogP contribution < -0.4 is 5.32 Å². The van der Waals surface area contributed by atoms with E-state index in [4.69, 9.17) is 11.6 Å². The Morgan fingerprint density at radius 2 is 1.65 bits per heavy atom. The number of nitrogens with zero attached hydrogens (tertiary/aromatic N) is 3. The number of aromatic nitrogens is 2. The van der Waals surface area contributed by atoms with E-state index in [2.05, 4.69) is 15.5 Å². The summed E-state index contributed by atoms with van der Waals surface area (Å²) in [7, 11) is 1.44. The first-order valence-electron chi connectivity index (χ1n) is 11.0. The molecule has 0 aliphatic heterocycles. The number of anilines is 1. The molecule has 0 spiro atoms. The molecule has 1 heterocycles. The largest absolute Gasteiger partial charge is 0.417 e. The summed E-state index contributed by atoms with van der Waals surface area (Å²) >= 11 is 6.80. The van der Waals surface area contributed by atoms with Crippen LogP contribution in [0.25, 0.3) is 22.0 Å². The third kappa shape index (κ3) is 6.39. The molecule has 0 aliphatic carbocycles. The maximum atomic E-state index is 13.1. The zero-order chi connectivity index (χ0) is 26.6. The number of carbonyl (C=O) groups excluding carboxylic acids is 2. The van der Waals surface area contributed by atoms with Crippen molar-refractivity contribution in [1.82, 2.24) is 15.1 Å². The molecule has 0 fully saturated rings. The molecule has 0 bridgehead atoms. The summed E-state index contributed by atoms with van der Waals surface area (Å²) in [5.74, 6) is -1.01. The minimum absolute atomic E-state index is 0.00763. The molecule has 190 valence electrons. The molecular formula is C26H20ClF3N4O2S. The van der Waals surface area contributed by atoms with Gasteiger partial charge in [-0.15, -0.1) is 10.2 Å². The number of fused-ring (bicyclic) bond motifs is 1. The quantitative estimate of drug-likeness (QED) is 0.282. The van der Waals surface area contributed by atoms with E-state index >= 15 is 0 Å². The summed E-state index contributed by atoms with van der Waals surface area (Å²) in [5, 5.41) is 12.9. The fraction of sp³-hybridized carbons (Fsp3) is 0.154. The molecule has 0 radical (unpaired) electrons. The first kappa shape index (κ1) is 26.4. The molecule has 2 amide bonds. The fourth-order valence-corrected chi connectivity index (χ4v) is 4.70. The third-order valence-corrected chi connectivity index (χ3v) is 6.69. The summed E-state index contributed by atoms with van der Waals surface area (Å²) in [6.45, 7) is -0.345. The molecule has 0 aliphatic rings. The average Bonchev–Trinajstić information content (AvgIpc) is 2.88. The number of carbonyl (C=O) groups is 2. The normalized spacial score (nSPS) is 11.4. The summed E-state index contributed by atoms with van der Waals surface area (Å²) in [5.41, 5.74) is 0.528. The Labute approximate surface area is 219 Å². The van der Waals surface area contributed by atoms with Crippen molar-refractivity contribution in [2.45, 2.75) is 11.2 Å². The number of hydrogen-bond acceptors (Lipinski definition) is 5. The SMILES string of the molecule is CN(CC(=O)Nc1ccc(Cl)c(C(F)(F)F)c1)C(=O)CSc1nnc(-c2ccccc2)c2ccccc12. The number of halogens is 4. The fourth-order valence-electron chi connectivity index (χ4n) is 3.56. The summed E-state index contributed by atoms with van der Waals surface area (Å²) in [4.78, 5) is 26.2. The van der Waals surface area contributed by atoms with Gasteiger partial charge in [-0.3, -0.25) is 9.59 Å². The molecule has 0 saturated heterocycles. The van der Waals surface area contributed by atoms with Crippen molar-refractivity contribution in [2.24, 2.45) is 0 Å². The van der Waals surface area contributed by atoms with Crippen LogP contribution in [0.3, 0.4) is 0 Å². The second kappa shape index (κ2) is 11.2. The molecule has 0 atom stereocenters. The Hall–Kier alpha value is -3.63. The van der Waals surface area contributed by atoms with E-state index in [1.807, 2.05) is 54.6 Å². The highest BCUT2D eigenvalue weighted by Gasteiger charge is 2.33. The van der Waals surface area contributed by atoms with Crippen molar-refractivity contribution in [1.29, 1.82) is 0 Å². The number of likely N-dealkylation sites (N-methyl/N-ethyl adjacent to an activating group) is 1. The molecule has 0 saturated carbocycles. The van der Waals surface area contributed by atoms with Crippen LogP contribution in [0.15, 0.2) is 77.8 Å². The lowest BCUT2D eigenvalue weighted by atomic mass is 10.1. The Kier molecular flexibility index (Phi) is 7.99. The summed E-state index contributed by atoms with van der Waals surface area (Å²) in [6.07, 6.45) is -4.66. The lowest BCUT2D eigenvalue weighted by Gasteiger charge is -2.17. The van der Waals surface area contributed by atoms with Gasteiger partial charge in [0.1, 0.15) is 10.7 Å². The van der Waals surface area contributed by atoms with E-state index in [1.165, 1.54) is 29.8 Å². The zero-order valence-electron chi connectivity index (χ0n) is 19.4. The summed E-state index contributed by atoms with van der Waals surface area (Å²) < 4.78 is 39.2. The highest BCUT2D eigenvalue weighted by molar-refractivity contribution is 8.00. The van der Waals surface area contributed by atoms with Crippen LogP contribution >= 0.6 is 23.4 Å². The predicted molar refractivity (Wildman–Crippen MR) is 138 cm³/mol. The number of nitrogens with one attached hydrogen (secondary N) is 1. The van der Waals surface area contributed by atoms with Crippen molar-refractivity contribution in [3.05, 3.63) is 83.4 Å². The zero-order valence-corrected chi connectivity index (χ0v) is 21.0. The van der Waals surface area contributed by atoms with Crippen LogP contribution in [-0.4, -0.2) is 46.3 Å². The molecule has 37 heavy (non-hydrogen) atoms. The molecule has 0 unspecified atom stereocenters. The predicted octanol–water partition coefficient (Wildman–Crippen LogP) is 6.16. The standard InChI is InChI=1S/C26H20ClF3N4O2S/c1-34(14-22(35)31-17-11-12-21(27)20(13-17)26(28,29)30)23(36)15-37-25-19-10-6-5-9-18(19)24(32-33-25)16-7-3-2-4-8-16/h2-13H,14-15H2,1H3,(H,31,35). The van der Waals surface area contributed by atoms with E-state index < -0.39 is 22.7 Å². The monoisotopic (exact) mass is 544 g/mol. The Balaban J connectivity index is 1.40. The summed E-state index contributed by atoms with van der Waals surface area (Å²) in [6, 6.07) is 20.3.